The number of urea groups is 1. The Morgan fingerprint density at radius 1 is 1.24 bits per heavy atom. The number of carbonyl (C=O) groups excluding carboxylic acids is 1. The minimum Gasteiger partial charge on any atom is -0.363 e. The van der Waals surface area contributed by atoms with Crippen molar-refractivity contribution in [2.24, 2.45) is 5.92 Å². The van der Waals surface area contributed by atoms with Gasteiger partial charge < -0.3 is 20.9 Å². The van der Waals surface area contributed by atoms with Gasteiger partial charge in [-0.1, -0.05) is 11.6 Å². The van der Waals surface area contributed by atoms with Crippen molar-refractivity contribution in [1.82, 2.24) is 15.3 Å². The summed E-state index contributed by atoms with van der Waals surface area (Å²) in [5.41, 5.74) is 0.460. The molecule has 0 atom stereocenters. The second-order valence-corrected chi connectivity index (χ2v) is 7.87. The average Bonchev–Trinajstić information content (AvgIpc) is 2.70. The molecule has 1 aliphatic carbocycles. The molecule has 29 heavy (non-hydrogen) atoms. The largest absolute Gasteiger partial charge is 0.363 e. The maximum Gasteiger partial charge on any atom is 0.319 e. The van der Waals surface area contributed by atoms with Gasteiger partial charge in [0.25, 0.3) is 0 Å². The number of anilines is 3. The quantitative estimate of drug-likeness (QED) is 0.654. The van der Waals surface area contributed by atoms with E-state index in [1.807, 2.05) is 25.1 Å². The van der Waals surface area contributed by atoms with Crippen LogP contribution >= 0.6 is 11.6 Å². The van der Waals surface area contributed by atoms with E-state index >= 15 is 0 Å². The Hall–Kier alpha value is -2.61. The summed E-state index contributed by atoms with van der Waals surface area (Å²) >= 11 is 5.73. The van der Waals surface area contributed by atoms with Crippen LogP contribution in [0.15, 0.2) is 30.5 Å². The Labute approximate surface area is 175 Å². The maximum atomic E-state index is 13.2. The highest BCUT2D eigenvalue weighted by Gasteiger charge is 2.22. The zero-order chi connectivity index (χ0) is 20.8. The molecule has 2 amide bonds. The summed E-state index contributed by atoms with van der Waals surface area (Å²) in [7, 11) is 3.90. The third kappa shape index (κ3) is 6.19. The number of rotatable bonds is 6. The van der Waals surface area contributed by atoms with Gasteiger partial charge in [0.1, 0.15) is 11.6 Å². The number of nitrogens with zero attached hydrogens (tertiary/aromatic N) is 3. The van der Waals surface area contributed by atoms with Crippen molar-refractivity contribution < 1.29 is 9.18 Å². The van der Waals surface area contributed by atoms with Gasteiger partial charge in [0.15, 0.2) is 0 Å². The third-order valence-electron chi connectivity index (χ3n) is 5.01. The summed E-state index contributed by atoms with van der Waals surface area (Å²) in [5.74, 6) is 1.43. The number of carbonyl (C=O) groups is 1. The van der Waals surface area contributed by atoms with Crippen LogP contribution in [-0.4, -0.2) is 42.7 Å². The molecule has 3 N–H and O–H groups in total. The minimum atomic E-state index is -0.512. The van der Waals surface area contributed by atoms with Gasteiger partial charge in [-0.15, -0.1) is 0 Å². The number of hydrogen-bond donors (Lipinski definition) is 3. The predicted molar refractivity (Wildman–Crippen MR) is 114 cm³/mol. The van der Waals surface area contributed by atoms with Crippen molar-refractivity contribution >= 4 is 35.1 Å². The van der Waals surface area contributed by atoms with E-state index in [0.29, 0.717) is 30.1 Å². The summed E-state index contributed by atoms with van der Waals surface area (Å²) in [4.78, 5) is 22.8. The SMILES string of the molecule is CN(C)c1ccnc(NC2CCC(CNC(=O)Nc3ccc(F)c(Cl)c3)CC2)n1. The summed E-state index contributed by atoms with van der Waals surface area (Å²) < 4.78 is 13.2. The van der Waals surface area contributed by atoms with Crippen LogP contribution in [-0.2, 0) is 0 Å². The average molecular weight is 421 g/mol. The first-order valence-electron chi connectivity index (χ1n) is 9.67. The molecule has 1 saturated carbocycles. The first kappa shape index (κ1) is 21.1. The zero-order valence-electron chi connectivity index (χ0n) is 16.6. The molecule has 0 unspecified atom stereocenters. The smallest absolute Gasteiger partial charge is 0.319 e. The maximum absolute atomic E-state index is 13.2. The lowest BCUT2D eigenvalue weighted by molar-refractivity contribution is 0.246. The van der Waals surface area contributed by atoms with Gasteiger partial charge in [-0.2, -0.15) is 4.98 Å². The zero-order valence-corrected chi connectivity index (χ0v) is 17.3. The molecule has 7 nitrogen and oxygen atoms in total. The number of halogens is 2. The Morgan fingerprint density at radius 2 is 2.00 bits per heavy atom. The summed E-state index contributed by atoms with van der Waals surface area (Å²) in [6.45, 7) is 0.597. The molecule has 0 spiro atoms. The highest BCUT2D eigenvalue weighted by Crippen LogP contribution is 2.26. The molecule has 0 radical (unpaired) electrons. The molecule has 0 aliphatic heterocycles. The highest BCUT2D eigenvalue weighted by atomic mass is 35.5. The standard InChI is InChI=1S/C20H26ClFN6O/c1-28(2)18-9-10-23-19(27-18)25-14-5-3-13(4-6-14)12-24-20(29)26-15-7-8-17(22)16(21)11-15/h7-11,13-14H,3-6,12H2,1-2H3,(H,23,25,27)(H2,24,26,29). The summed E-state index contributed by atoms with van der Waals surface area (Å²) in [5, 5.41) is 8.95. The monoisotopic (exact) mass is 420 g/mol. The number of amides is 2. The molecule has 0 bridgehead atoms. The van der Waals surface area contributed by atoms with Gasteiger partial charge >= 0.3 is 6.03 Å². The second-order valence-electron chi connectivity index (χ2n) is 7.46. The number of hydrogen-bond acceptors (Lipinski definition) is 5. The van der Waals surface area contributed by atoms with Gasteiger partial charge in [0, 0.05) is 38.6 Å². The molecule has 1 aromatic carbocycles. The van der Waals surface area contributed by atoms with Crippen molar-refractivity contribution in [3.63, 3.8) is 0 Å². The minimum absolute atomic E-state index is 0.0197. The van der Waals surface area contributed by atoms with Crippen LogP contribution in [0.4, 0.5) is 26.6 Å². The van der Waals surface area contributed by atoms with Crippen molar-refractivity contribution in [2.45, 2.75) is 31.7 Å². The summed E-state index contributed by atoms with van der Waals surface area (Å²) in [6.07, 6.45) is 5.77. The normalized spacial score (nSPS) is 18.8. The Balaban J connectivity index is 1.40. The molecule has 9 heteroatoms. The molecule has 156 valence electrons. The number of aromatic nitrogens is 2. The van der Waals surface area contributed by atoms with E-state index in [2.05, 4.69) is 25.9 Å². The lowest BCUT2D eigenvalue weighted by Gasteiger charge is -2.29. The van der Waals surface area contributed by atoms with Crippen LogP contribution in [0.5, 0.6) is 0 Å². The van der Waals surface area contributed by atoms with Crippen LogP contribution in [0.25, 0.3) is 0 Å². The van der Waals surface area contributed by atoms with Crippen LogP contribution in [0.3, 0.4) is 0 Å². The van der Waals surface area contributed by atoms with E-state index in [4.69, 9.17) is 11.6 Å². The van der Waals surface area contributed by atoms with Gasteiger partial charge in [-0.3, -0.25) is 0 Å². The Kier molecular flexibility index (Phi) is 7.09. The fourth-order valence-corrected chi connectivity index (χ4v) is 3.53. The number of benzene rings is 1. The molecular weight excluding hydrogens is 395 g/mol. The van der Waals surface area contributed by atoms with Crippen LogP contribution < -0.4 is 20.9 Å². The molecule has 1 aliphatic rings. The van der Waals surface area contributed by atoms with E-state index in [1.165, 1.54) is 18.2 Å². The fraction of sp³-hybridized carbons (Fsp3) is 0.450. The van der Waals surface area contributed by atoms with E-state index in [0.717, 1.165) is 31.5 Å². The van der Waals surface area contributed by atoms with E-state index in [1.54, 1.807) is 6.20 Å². The number of nitrogens with one attached hydrogen (secondary N) is 3. The fourth-order valence-electron chi connectivity index (χ4n) is 3.35. The van der Waals surface area contributed by atoms with Gasteiger partial charge in [-0.25, -0.2) is 14.2 Å². The van der Waals surface area contributed by atoms with Crippen LogP contribution in [0.1, 0.15) is 25.7 Å². The third-order valence-corrected chi connectivity index (χ3v) is 5.30. The van der Waals surface area contributed by atoms with E-state index in [9.17, 15) is 9.18 Å². The van der Waals surface area contributed by atoms with Crippen molar-refractivity contribution in [3.8, 4) is 0 Å². The van der Waals surface area contributed by atoms with Crippen molar-refractivity contribution in [3.05, 3.63) is 41.3 Å². The molecule has 2 aromatic rings. The highest BCUT2D eigenvalue weighted by molar-refractivity contribution is 6.31. The molecular formula is C20H26ClFN6O. The Bertz CT molecular complexity index is 841. The van der Waals surface area contributed by atoms with Gasteiger partial charge in [0.2, 0.25) is 5.95 Å². The topological polar surface area (TPSA) is 82.2 Å². The first-order valence-corrected chi connectivity index (χ1v) is 10.1. The Morgan fingerprint density at radius 3 is 2.69 bits per heavy atom. The second kappa shape index (κ2) is 9.73. The lowest BCUT2D eigenvalue weighted by atomic mass is 9.86. The van der Waals surface area contributed by atoms with Crippen LogP contribution in [0, 0.1) is 11.7 Å². The lowest BCUT2D eigenvalue weighted by Crippen LogP contribution is -2.36. The first-order chi connectivity index (χ1) is 13.9. The molecule has 1 heterocycles. The van der Waals surface area contributed by atoms with E-state index < -0.39 is 5.82 Å². The van der Waals surface area contributed by atoms with Crippen molar-refractivity contribution in [1.29, 1.82) is 0 Å². The predicted octanol–water partition coefficient (Wildman–Crippen LogP) is 4.13. The molecule has 0 saturated heterocycles. The van der Waals surface area contributed by atoms with Gasteiger partial charge in [-0.05, 0) is 55.9 Å². The van der Waals surface area contributed by atoms with E-state index in [-0.39, 0.29) is 11.1 Å². The van der Waals surface area contributed by atoms with Gasteiger partial charge in [0.05, 0.1) is 5.02 Å². The van der Waals surface area contributed by atoms with Crippen molar-refractivity contribution in [2.75, 3.05) is 36.2 Å². The summed E-state index contributed by atoms with van der Waals surface area (Å²) in [6, 6.07) is 5.98. The van der Waals surface area contributed by atoms with Crippen LogP contribution in [0.2, 0.25) is 5.02 Å². The molecule has 1 fully saturated rings. The molecule has 1 aromatic heterocycles. The molecule has 3 rings (SSSR count).